The summed E-state index contributed by atoms with van der Waals surface area (Å²) in [4.78, 5) is 31.4. The zero-order chi connectivity index (χ0) is 30.2. The summed E-state index contributed by atoms with van der Waals surface area (Å²) in [6.45, 7) is 11.1. The zero-order valence-corrected chi connectivity index (χ0v) is 26.7. The van der Waals surface area contributed by atoms with Crippen LogP contribution in [0.5, 0.6) is 0 Å². The lowest BCUT2D eigenvalue weighted by molar-refractivity contribution is -0.140. The molecule has 3 N–H and O–H groups in total. The third kappa shape index (κ3) is 9.15. The number of likely N-dealkylation sites (tertiary alicyclic amines) is 1. The van der Waals surface area contributed by atoms with Crippen molar-refractivity contribution in [2.24, 2.45) is 11.7 Å². The second-order valence-corrected chi connectivity index (χ2v) is 13.0. The second-order valence-electron chi connectivity index (χ2n) is 12.1. The molecule has 0 bridgehead atoms. The van der Waals surface area contributed by atoms with E-state index in [0.717, 1.165) is 51.1 Å². The Labute approximate surface area is 261 Å². The van der Waals surface area contributed by atoms with Gasteiger partial charge in [0.2, 0.25) is 11.8 Å². The van der Waals surface area contributed by atoms with Gasteiger partial charge in [0.05, 0.1) is 0 Å². The number of piperazine rings is 1. The van der Waals surface area contributed by atoms with Gasteiger partial charge in [-0.25, -0.2) is 10.0 Å². The SMILES string of the molecule is CC(C)CN(C1CCN(C(=O)[C@@H](Cc2ccc(Cl)cc2)NC(=O)CC(N)c2ccccc2Cl)CC1)N1CCN(C)CC1. The average molecular weight is 618 g/mol. The standard InChI is InChI=1S/C32H46Cl2N6O2/c1-23(2)22-40(39-18-16-37(3)17-19-39)26-12-14-38(15-13-26)32(42)30(20-24-8-10-25(33)11-9-24)36-31(41)21-29(35)27-6-4-5-7-28(27)34/h4-11,23,26,29-30H,12-22,35H2,1-3H3,(H,36,41)/t29?,30-/m1/s1. The third-order valence-corrected chi connectivity index (χ3v) is 8.89. The molecule has 2 atom stereocenters. The van der Waals surface area contributed by atoms with Crippen LogP contribution < -0.4 is 11.1 Å². The normalized spacial score (nSPS) is 18.8. The van der Waals surface area contributed by atoms with Crippen LogP contribution in [0.2, 0.25) is 10.0 Å². The van der Waals surface area contributed by atoms with Crippen LogP contribution in [0.1, 0.15) is 50.3 Å². The molecule has 2 fully saturated rings. The molecule has 1 unspecified atom stereocenters. The molecule has 0 aliphatic carbocycles. The molecule has 0 spiro atoms. The predicted molar refractivity (Wildman–Crippen MR) is 170 cm³/mol. The number of hydrogen-bond acceptors (Lipinski definition) is 6. The van der Waals surface area contributed by atoms with Gasteiger partial charge in [-0.05, 0) is 55.1 Å². The first-order valence-electron chi connectivity index (χ1n) is 15.1. The molecule has 2 aromatic carbocycles. The molecule has 0 aromatic heterocycles. The number of nitrogens with one attached hydrogen (secondary N) is 1. The van der Waals surface area contributed by atoms with Gasteiger partial charge < -0.3 is 20.9 Å². The van der Waals surface area contributed by atoms with Gasteiger partial charge in [-0.2, -0.15) is 0 Å². The van der Waals surface area contributed by atoms with Crippen molar-refractivity contribution in [3.05, 3.63) is 69.7 Å². The minimum absolute atomic E-state index is 0.0331. The van der Waals surface area contributed by atoms with E-state index in [-0.39, 0.29) is 18.2 Å². The highest BCUT2D eigenvalue weighted by Crippen LogP contribution is 2.24. The van der Waals surface area contributed by atoms with E-state index in [1.165, 1.54) is 0 Å². The summed E-state index contributed by atoms with van der Waals surface area (Å²) in [6, 6.07) is 13.8. The number of hydrogen-bond donors (Lipinski definition) is 2. The Balaban J connectivity index is 1.42. The van der Waals surface area contributed by atoms with E-state index in [4.69, 9.17) is 28.9 Å². The molecule has 0 radical (unpaired) electrons. The van der Waals surface area contributed by atoms with Crippen LogP contribution in [0.4, 0.5) is 0 Å². The second kappa shape index (κ2) is 15.5. The van der Waals surface area contributed by atoms with Gasteiger partial charge in [0, 0.05) is 80.8 Å². The number of nitrogens with two attached hydrogens (primary N) is 1. The van der Waals surface area contributed by atoms with Crippen molar-refractivity contribution in [3.63, 3.8) is 0 Å². The minimum Gasteiger partial charge on any atom is -0.344 e. The Kier molecular flexibility index (Phi) is 12.1. The lowest BCUT2D eigenvalue weighted by Crippen LogP contribution is -2.60. The molecule has 2 heterocycles. The maximum atomic E-state index is 13.9. The highest BCUT2D eigenvalue weighted by molar-refractivity contribution is 6.31. The molecule has 0 saturated carbocycles. The van der Waals surface area contributed by atoms with Gasteiger partial charge in [-0.15, -0.1) is 0 Å². The summed E-state index contributed by atoms with van der Waals surface area (Å²) < 4.78 is 0. The van der Waals surface area contributed by atoms with E-state index in [0.29, 0.717) is 47.1 Å². The van der Waals surface area contributed by atoms with Gasteiger partial charge in [0.15, 0.2) is 0 Å². The number of nitrogens with zero attached hydrogens (tertiary/aromatic N) is 4. The van der Waals surface area contributed by atoms with Crippen LogP contribution in [0, 0.1) is 5.92 Å². The van der Waals surface area contributed by atoms with Crippen LogP contribution in [0.15, 0.2) is 48.5 Å². The molecule has 10 heteroatoms. The maximum absolute atomic E-state index is 13.9. The molecule has 2 aliphatic rings. The van der Waals surface area contributed by atoms with Crippen LogP contribution in [-0.4, -0.2) is 96.6 Å². The molecule has 2 aromatic rings. The van der Waals surface area contributed by atoms with E-state index in [2.05, 4.69) is 41.1 Å². The highest BCUT2D eigenvalue weighted by atomic mass is 35.5. The Bertz CT molecular complexity index is 1160. The van der Waals surface area contributed by atoms with Gasteiger partial charge in [0.1, 0.15) is 6.04 Å². The largest absolute Gasteiger partial charge is 0.344 e. The first-order chi connectivity index (χ1) is 20.1. The number of rotatable bonds is 11. The van der Waals surface area contributed by atoms with Crippen molar-refractivity contribution in [3.8, 4) is 0 Å². The fraction of sp³-hybridized carbons (Fsp3) is 0.562. The molecule has 2 saturated heterocycles. The highest BCUT2D eigenvalue weighted by Gasteiger charge is 2.34. The predicted octanol–water partition coefficient (Wildman–Crippen LogP) is 4.22. The third-order valence-electron chi connectivity index (χ3n) is 8.29. The summed E-state index contributed by atoms with van der Waals surface area (Å²) in [5.41, 5.74) is 7.98. The summed E-state index contributed by atoms with van der Waals surface area (Å²) in [5.74, 6) is 0.223. The molecule has 2 amide bonds. The van der Waals surface area contributed by atoms with Crippen molar-refractivity contribution >= 4 is 35.0 Å². The molecular formula is C32H46Cl2N6O2. The number of likely N-dealkylation sites (N-methyl/N-ethyl adjacent to an activating group) is 1. The van der Waals surface area contributed by atoms with Crippen LogP contribution >= 0.6 is 23.2 Å². The number of amides is 2. The van der Waals surface area contributed by atoms with Gasteiger partial charge in [-0.1, -0.05) is 67.4 Å². The number of halogens is 2. The summed E-state index contributed by atoms with van der Waals surface area (Å²) in [5, 5.41) is 9.25. The van der Waals surface area contributed by atoms with Gasteiger partial charge in [0.25, 0.3) is 0 Å². The minimum atomic E-state index is -0.696. The Hall–Kier alpha value is -2.20. The average Bonchev–Trinajstić information content (AvgIpc) is 2.97. The molecular weight excluding hydrogens is 571 g/mol. The molecule has 4 rings (SSSR count). The number of hydrazine groups is 1. The summed E-state index contributed by atoms with van der Waals surface area (Å²) in [7, 11) is 2.18. The number of benzene rings is 2. The van der Waals surface area contributed by atoms with E-state index < -0.39 is 12.1 Å². The molecule has 2 aliphatic heterocycles. The Morgan fingerprint density at radius 1 is 0.976 bits per heavy atom. The number of piperidine rings is 1. The Morgan fingerprint density at radius 3 is 2.24 bits per heavy atom. The van der Waals surface area contributed by atoms with Crippen molar-refractivity contribution in [1.29, 1.82) is 0 Å². The lowest BCUT2D eigenvalue weighted by Gasteiger charge is -2.47. The quantitative estimate of drug-likeness (QED) is 0.393. The van der Waals surface area contributed by atoms with Crippen molar-refractivity contribution in [2.45, 2.75) is 57.7 Å². The van der Waals surface area contributed by atoms with E-state index in [1.54, 1.807) is 18.2 Å². The van der Waals surface area contributed by atoms with Crippen LogP contribution in [0.25, 0.3) is 0 Å². The lowest BCUT2D eigenvalue weighted by atomic mass is 9.99. The first-order valence-corrected chi connectivity index (χ1v) is 15.9. The molecule has 230 valence electrons. The summed E-state index contributed by atoms with van der Waals surface area (Å²) in [6.07, 6.45) is 2.22. The van der Waals surface area contributed by atoms with Gasteiger partial charge >= 0.3 is 0 Å². The monoisotopic (exact) mass is 616 g/mol. The fourth-order valence-electron chi connectivity index (χ4n) is 5.92. The van der Waals surface area contributed by atoms with Crippen molar-refractivity contribution in [1.82, 2.24) is 25.1 Å². The molecule has 8 nitrogen and oxygen atoms in total. The van der Waals surface area contributed by atoms with E-state index >= 15 is 0 Å². The van der Waals surface area contributed by atoms with E-state index in [9.17, 15) is 9.59 Å². The fourth-order valence-corrected chi connectivity index (χ4v) is 6.32. The smallest absolute Gasteiger partial charge is 0.245 e. The maximum Gasteiger partial charge on any atom is 0.245 e. The van der Waals surface area contributed by atoms with E-state index in [1.807, 2.05) is 35.2 Å². The zero-order valence-electron chi connectivity index (χ0n) is 25.1. The number of carbonyl (C=O) groups excluding carboxylic acids is 2. The topological polar surface area (TPSA) is 85.1 Å². The van der Waals surface area contributed by atoms with Crippen LogP contribution in [-0.2, 0) is 16.0 Å². The Morgan fingerprint density at radius 2 is 1.62 bits per heavy atom. The van der Waals surface area contributed by atoms with Crippen molar-refractivity contribution < 1.29 is 9.59 Å². The first kappa shape index (κ1) is 32.7. The van der Waals surface area contributed by atoms with Gasteiger partial charge in [-0.3, -0.25) is 9.59 Å². The number of carbonyl (C=O) groups is 2. The molecule has 42 heavy (non-hydrogen) atoms. The van der Waals surface area contributed by atoms with Crippen LogP contribution in [0.3, 0.4) is 0 Å². The van der Waals surface area contributed by atoms with Crippen molar-refractivity contribution in [2.75, 3.05) is 52.9 Å². The summed E-state index contributed by atoms with van der Waals surface area (Å²) >= 11 is 12.4.